The summed E-state index contributed by atoms with van der Waals surface area (Å²) in [7, 11) is 0. The highest BCUT2D eigenvalue weighted by Gasteiger charge is 2.22. The van der Waals surface area contributed by atoms with Gasteiger partial charge in [-0.2, -0.15) is 15.0 Å². The van der Waals surface area contributed by atoms with Gasteiger partial charge in [0, 0.05) is 0 Å². The van der Waals surface area contributed by atoms with Crippen LogP contribution in [0.25, 0.3) is 0 Å². The van der Waals surface area contributed by atoms with Crippen LogP contribution in [0.3, 0.4) is 0 Å². The van der Waals surface area contributed by atoms with Crippen LogP contribution in [0.4, 0.5) is 0 Å². The number of nitrogens with zero attached hydrogens (tertiary/aromatic N) is 5. The molecule has 0 fully saturated rings. The highest BCUT2D eigenvalue weighted by Crippen LogP contribution is 2.20. The van der Waals surface area contributed by atoms with Gasteiger partial charge in [0.05, 0.1) is 13.1 Å². The van der Waals surface area contributed by atoms with Gasteiger partial charge in [-0.3, -0.25) is 0 Å². The lowest BCUT2D eigenvalue weighted by Gasteiger charge is -2.17. The van der Waals surface area contributed by atoms with Gasteiger partial charge in [0.25, 0.3) is 0 Å². The number of hydrogen-bond donors (Lipinski definition) is 0. The summed E-state index contributed by atoms with van der Waals surface area (Å²) in [6, 6.07) is -0.859. The van der Waals surface area contributed by atoms with Gasteiger partial charge < -0.3 is 0 Å². The molecule has 0 aliphatic heterocycles. The van der Waals surface area contributed by atoms with Crippen LogP contribution in [-0.4, -0.2) is 55.7 Å². The number of hydrogen-bond acceptors (Lipinski definition) is 10. The van der Waals surface area contributed by atoms with E-state index in [-0.39, 0.29) is 18.9 Å². The van der Waals surface area contributed by atoms with E-state index in [1.165, 1.54) is 30.4 Å². The summed E-state index contributed by atoms with van der Waals surface area (Å²) in [4.78, 5) is 68.8. The summed E-state index contributed by atoms with van der Waals surface area (Å²) in [5.74, 6) is -0.0212. The lowest BCUT2D eigenvalue weighted by molar-refractivity contribution is 0.388. The van der Waals surface area contributed by atoms with Crippen molar-refractivity contribution in [1.82, 2.24) is 0 Å². The van der Waals surface area contributed by atoms with Crippen molar-refractivity contribution < 1.29 is 24.0 Å². The number of unbranched alkanes of at least 4 members (excludes halogenated alkanes) is 1. The van der Waals surface area contributed by atoms with Gasteiger partial charge in [0.1, 0.15) is 6.04 Å². The van der Waals surface area contributed by atoms with Crippen molar-refractivity contribution in [3.05, 3.63) is 0 Å². The van der Waals surface area contributed by atoms with Crippen molar-refractivity contribution in [1.29, 1.82) is 0 Å². The fourth-order valence-electron chi connectivity index (χ4n) is 2.23. The summed E-state index contributed by atoms with van der Waals surface area (Å²) in [5, 5.41) is 0. The average molecular weight is 347 g/mol. The molecule has 10 nitrogen and oxygen atoms in total. The molecule has 0 aliphatic rings. The maximum absolute atomic E-state index is 10.5. The SMILES string of the molecule is O=C=NCCCCC(CCC(N=C=O)C(N=C=O)N=C=O)CN=C=O. The summed E-state index contributed by atoms with van der Waals surface area (Å²) >= 11 is 0. The van der Waals surface area contributed by atoms with Crippen molar-refractivity contribution in [2.75, 3.05) is 13.1 Å². The van der Waals surface area contributed by atoms with Gasteiger partial charge in [0.15, 0.2) is 6.17 Å². The molecule has 25 heavy (non-hydrogen) atoms. The molecule has 0 saturated carbocycles. The molecular formula is C15H17N5O5. The third-order valence-corrected chi connectivity index (χ3v) is 3.41. The average Bonchev–Trinajstić information content (AvgIpc) is 2.61. The third kappa shape index (κ3) is 11.1. The first kappa shape index (κ1) is 21.9. The summed E-state index contributed by atoms with van der Waals surface area (Å²) < 4.78 is 0. The molecule has 10 heteroatoms. The Morgan fingerprint density at radius 1 is 0.640 bits per heavy atom. The third-order valence-electron chi connectivity index (χ3n) is 3.41. The molecule has 0 spiro atoms. The van der Waals surface area contributed by atoms with E-state index in [2.05, 4.69) is 25.0 Å². The Morgan fingerprint density at radius 2 is 1.28 bits per heavy atom. The Balaban J connectivity index is 4.83. The van der Waals surface area contributed by atoms with Crippen LogP contribution in [0, 0.1) is 5.92 Å². The topological polar surface area (TPSA) is 147 Å². The van der Waals surface area contributed by atoms with Gasteiger partial charge in [0.2, 0.25) is 30.4 Å². The molecule has 0 N–H and O–H groups in total. The minimum absolute atomic E-state index is 0.0212. The highest BCUT2D eigenvalue weighted by molar-refractivity contribution is 5.39. The molecule has 0 heterocycles. The smallest absolute Gasteiger partial charge is 0.211 e. The molecular weight excluding hydrogens is 330 g/mol. The zero-order chi connectivity index (χ0) is 18.8. The molecule has 0 saturated heterocycles. The second-order valence-electron chi connectivity index (χ2n) is 4.99. The molecule has 2 unspecified atom stereocenters. The van der Waals surface area contributed by atoms with Gasteiger partial charge in [-0.1, -0.05) is 6.42 Å². The molecule has 0 aromatic rings. The first-order valence-electron chi connectivity index (χ1n) is 7.51. The first-order chi connectivity index (χ1) is 12.2. The Labute approximate surface area is 143 Å². The maximum atomic E-state index is 10.5. The van der Waals surface area contributed by atoms with Crippen molar-refractivity contribution >= 4 is 30.4 Å². The standard InChI is InChI=1S/C15H17N5O5/c21-8-16-6-2-1-3-13(7-17-9-22)4-5-14(18-10-23)15(19-11-24)20-12-25/h13-15H,1-7H2. The summed E-state index contributed by atoms with van der Waals surface area (Å²) in [5.41, 5.74) is 0. The van der Waals surface area contributed by atoms with E-state index in [1.807, 2.05) is 0 Å². The predicted molar refractivity (Wildman–Crippen MR) is 84.5 cm³/mol. The molecule has 2 atom stereocenters. The van der Waals surface area contributed by atoms with E-state index in [1.54, 1.807) is 0 Å². The van der Waals surface area contributed by atoms with E-state index in [4.69, 9.17) is 0 Å². The summed E-state index contributed by atoms with van der Waals surface area (Å²) in [6.07, 6.45) is 8.49. The Morgan fingerprint density at radius 3 is 1.84 bits per heavy atom. The lowest BCUT2D eigenvalue weighted by atomic mass is 9.94. The van der Waals surface area contributed by atoms with Crippen LogP contribution < -0.4 is 0 Å². The van der Waals surface area contributed by atoms with Gasteiger partial charge in [-0.05, 0) is 31.6 Å². The molecule has 0 bridgehead atoms. The first-order valence-corrected chi connectivity index (χ1v) is 7.51. The van der Waals surface area contributed by atoms with E-state index in [9.17, 15) is 24.0 Å². The maximum Gasteiger partial charge on any atom is 0.237 e. The molecule has 0 aliphatic carbocycles. The fraction of sp³-hybridized carbons (Fsp3) is 0.667. The minimum atomic E-state index is -1.19. The minimum Gasteiger partial charge on any atom is -0.211 e. The number of isocyanates is 5. The lowest BCUT2D eigenvalue weighted by Crippen LogP contribution is -2.22. The monoisotopic (exact) mass is 347 g/mol. The van der Waals surface area contributed by atoms with Crippen LogP contribution in [0.2, 0.25) is 0 Å². The number of rotatable bonds is 14. The van der Waals surface area contributed by atoms with Crippen LogP contribution in [0.5, 0.6) is 0 Å². The van der Waals surface area contributed by atoms with Crippen LogP contribution >= 0.6 is 0 Å². The Kier molecular flexibility index (Phi) is 13.8. The zero-order valence-electron chi connectivity index (χ0n) is 13.5. The largest absolute Gasteiger partial charge is 0.237 e. The van der Waals surface area contributed by atoms with Crippen molar-refractivity contribution in [3.63, 3.8) is 0 Å². The quantitative estimate of drug-likeness (QED) is 0.260. The van der Waals surface area contributed by atoms with E-state index in [0.717, 1.165) is 6.42 Å². The summed E-state index contributed by atoms with van der Waals surface area (Å²) in [6.45, 7) is 0.603. The second kappa shape index (κ2) is 15.8. The van der Waals surface area contributed by atoms with Crippen molar-refractivity contribution in [3.8, 4) is 0 Å². The van der Waals surface area contributed by atoms with Gasteiger partial charge >= 0.3 is 0 Å². The molecule has 132 valence electrons. The Bertz CT molecular complexity index is 617. The number of aliphatic imine (C=N–C) groups is 5. The second-order valence-corrected chi connectivity index (χ2v) is 4.99. The normalized spacial score (nSPS) is 12.6. The molecule has 0 radical (unpaired) electrons. The Hall–Kier alpha value is -3.10. The van der Waals surface area contributed by atoms with Crippen molar-refractivity contribution in [2.24, 2.45) is 30.9 Å². The van der Waals surface area contributed by atoms with Crippen LogP contribution in [0.1, 0.15) is 32.1 Å². The predicted octanol–water partition coefficient (Wildman–Crippen LogP) is 0.927. The van der Waals surface area contributed by atoms with Crippen molar-refractivity contribution in [2.45, 2.75) is 44.3 Å². The zero-order valence-corrected chi connectivity index (χ0v) is 13.5. The molecule has 0 aromatic heterocycles. The van der Waals surface area contributed by atoms with Gasteiger partial charge in [-0.25, -0.2) is 34.0 Å². The van der Waals surface area contributed by atoms with E-state index < -0.39 is 12.2 Å². The number of carbonyl (C=O) groups excluding carboxylic acids is 5. The van der Waals surface area contributed by atoms with Gasteiger partial charge in [-0.15, -0.1) is 0 Å². The van der Waals surface area contributed by atoms with E-state index in [0.29, 0.717) is 25.8 Å². The fourth-order valence-corrected chi connectivity index (χ4v) is 2.23. The van der Waals surface area contributed by atoms with E-state index >= 15 is 0 Å². The molecule has 0 amide bonds. The molecule has 0 aromatic carbocycles. The van der Waals surface area contributed by atoms with Crippen LogP contribution in [-0.2, 0) is 24.0 Å². The van der Waals surface area contributed by atoms with Crippen LogP contribution in [0.15, 0.2) is 25.0 Å². The molecule has 0 rings (SSSR count). The highest BCUT2D eigenvalue weighted by atomic mass is 16.1.